The maximum absolute atomic E-state index is 16.5. The Balaban J connectivity index is 0. The lowest BCUT2D eigenvalue weighted by Crippen LogP contribution is -3.00. The average molecular weight is 1300 g/mol. The van der Waals surface area contributed by atoms with E-state index in [1.54, 1.807) is 20.8 Å². The third-order valence-corrected chi connectivity index (χ3v) is 12.3. The van der Waals surface area contributed by atoms with Gasteiger partial charge in [0.25, 0.3) is 0 Å². The standard InChI is InChI=1S/C40H51F33N.HI/c1-4-7-10-13-16-19-22-74(23-20-17-14-11-8-5-2,24-21-18-15-12-9-6-3)40(72,73)38(67,68)36(63,64)34(59,60)32(55,56)30(51,52)28(47,48)26(43,44)25(41,42)27(45,46)29(49,50)31(53,54)33(57,58)35(61,62)37(65,66)39(69,70)71;/h4-24H2,1-3H3;1H/q+1;/p-1. The summed E-state index contributed by atoms with van der Waals surface area (Å²) in [5.41, 5.74) is 0. The molecule has 35 heteroatoms. The second-order valence-electron chi connectivity index (χ2n) is 17.7. The molecule has 0 aromatic rings. The predicted molar refractivity (Wildman–Crippen MR) is 195 cm³/mol. The van der Waals surface area contributed by atoms with Crippen LogP contribution in [0.2, 0.25) is 0 Å². The third kappa shape index (κ3) is 12.5. The van der Waals surface area contributed by atoms with E-state index in [4.69, 9.17) is 0 Å². The Morgan fingerprint density at radius 3 is 0.520 bits per heavy atom. The summed E-state index contributed by atoms with van der Waals surface area (Å²) in [5, 5.41) is 0. The summed E-state index contributed by atoms with van der Waals surface area (Å²) < 4.78 is 472. The lowest BCUT2D eigenvalue weighted by Gasteiger charge is -2.49. The molecule has 1 nitrogen and oxygen atoms in total. The molecule has 0 spiro atoms. The first-order valence-electron chi connectivity index (χ1n) is 22.3. The fourth-order valence-electron chi connectivity index (χ4n) is 7.37. The Kier molecular flexibility index (Phi) is 25.2. The molecule has 0 fully saturated rings. The van der Waals surface area contributed by atoms with Gasteiger partial charge < -0.3 is 24.0 Å². The van der Waals surface area contributed by atoms with E-state index in [0.717, 1.165) is 0 Å². The molecule has 454 valence electrons. The summed E-state index contributed by atoms with van der Waals surface area (Å²) in [5.74, 6) is -136. The molecule has 0 aromatic heterocycles. The van der Waals surface area contributed by atoms with E-state index in [2.05, 4.69) is 0 Å². The molecular formula is C40H51F33IN. The zero-order valence-corrected chi connectivity index (χ0v) is 41.3. The average Bonchev–Trinajstić information content (AvgIpc) is 3.25. The van der Waals surface area contributed by atoms with Crippen LogP contribution in [-0.4, -0.2) is 119 Å². The summed E-state index contributed by atoms with van der Waals surface area (Å²) in [7, 11) is 0. The van der Waals surface area contributed by atoms with Crippen molar-refractivity contribution in [3.05, 3.63) is 0 Å². The highest BCUT2D eigenvalue weighted by atomic mass is 127. The largest absolute Gasteiger partial charge is 1.00 e. The zero-order valence-electron chi connectivity index (χ0n) is 39.1. The molecule has 0 unspecified atom stereocenters. The second-order valence-corrected chi connectivity index (χ2v) is 17.7. The maximum atomic E-state index is 16.5. The van der Waals surface area contributed by atoms with Crippen LogP contribution in [0.1, 0.15) is 136 Å². The van der Waals surface area contributed by atoms with Crippen LogP contribution in [0.5, 0.6) is 0 Å². The first-order chi connectivity index (χ1) is 32.7. The molecule has 0 N–H and O–H groups in total. The van der Waals surface area contributed by atoms with Gasteiger partial charge in [-0.25, -0.2) is 0 Å². The third-order valence-electron chi connectivity index (χ3n) is 12.3. The van der Waals surface area contributed by atoms with Crippen molar-refractivity contribution in [2.75, 3.05) is 19.6 Å². The quantitative estimate of drug-likeness (QED) is 0.0193. The molecule has 75 heavy (non-hydrogen) atoms. The fraction of sp³-hybridized carbons (Fsp3) is 1.00. The van der Waals surface area contributed by atoms with Gasteiger partial charge in [-0.15, -0.1) is 8.78 Å². The van der Waals surface area contributed by atoms with Crippen LogP contribution in [-0.2, 0) is 0 Å². The maximum Gasteiger partial charge on any atom is 0.461 e. The smallest absolute Gasteiger partial charge is 0.461 e. The molecule has 0 aromatic carbocycles. The first-order valence-corrected chi connectivity index (χ1v) is 22.3. The van der Waals surface area contributed by atoms with Gasteiger partial charge in [-0.3, -0.25) is 4.48 Å². The van der Waals surface area contributed by atoms with E-state index in [0.29, 0.717) is 57.8 Å². The van der Waals surface area contributed by atoms with Gasteiger partial charge in [0.1, 0.15) is 0 Å². The zero-order chi connectivity index (χ0) is 59.3. The molecule has 0 atom stereocenters. The van der Waals surface area contributed by atoms with Crippen LogP contribution < -0.4 is 24.0 Å². The van der Waals surface area contributed by atoms with Crippen LogP contribution in [0.4, 0.5) is 145 Å². The van der Waals surface area contributed by atoms with Crippen LogP contribution >= 0.6 is 0 Å². The molecular weight excluding hydrogens is 1250 g/mol. The van der Waals surface area contributed by atoms with Crippen molar-refractivity contribution in [3.63, 3.8) is 0 Å². The minimum Gasteiger partial charge on any atom is -1.00 e. The highest BCUT2D eigenvalue weighted by Crippen LogP contribution is 2.70. The Hall–Kier alpha value is -1.62. The number of nitrogens with zero attached hydrogens (tertiary/aromatic N) is 1. The van der Waals surface area contributed by atoms with Crippen LogP contribution in [0.25, 0.3) is 0 Å². The number of hydrogen-bond donors (Lipinski definition) is 0. The molecule has 0 aliphatic carbocycles. The van der Waals surface area contributed by atoms with Crippen molar-refractivity contribution in [2.24, 2.45) is 0 Å². The summed E-state index contributed by atoms with van der Waals surface area (Å²) in [6, 6.07) is -7.01. The highest BCUT2D eigenvalue weighted by Gasteiger charge is 3.02. The minimum absolute atomic E-state index is 0. The van der Waals surface area contributed by atoms with Crippen molar-refractivity contribution in [2.45, 2.75) is 231 Å². The van der Waals surface area contributed by atoms with Gasteiger partial charge in [0.2, 0.25) is 0 Å². The van der Waals surface area contributed by atoms with Gasteiger partial charge in [-0.05, 0) is 38.5 Å². The van der Waals surface area contributed by atoms with Crippen LogP contribution in [0, 0.1) is 0 Å². The van der Waals surface area contributed by atoms with Crippen molar-refractivity contribution in [3.8, 4) is 0 Å². The first kappa shape index (κ1) is 75.5. The van der Waals surface area contributed by atoms with Gasteiger partial charge in [0.15, 0.2) is 0 Å². The molecule has 0 amide bonds. The van der Waals surface area contributed by atoms with Gasteiger partial charge >= 0.3 is 95.1 Å². The molecule has 0 heterocycles. The van der Waals surface area contributed by atoms with E-state index in [9.17, 15) is 110 Å². The van der Waals surface area contributed by atoms with Gasteiger partial charge in [0, 0.05) is 0 Å². The van der Waals surface area contributed by atoms with Gasteiger partial charge in [0.05, 0.1) is 19.6 Å². The summed E-state index contributed by atoms with van der Waals surface area (Å²) in [6.45, 7) is 0.576. The fourth-order valence-corrected chi connectivity index (χ4v) is 7.37. The number of halogens is 34. The monoisotopic (exact) mass is 1300 g/mol. The molecule has 0 aliphatic heterocycles. The molecule has 0 saturated carbocycles. The Bertz CT molecular complexity index is 1640. The van der Waals surface area contributed by atoms with E-state index >= 15 is 35.1 Å². The molecule has 0 bridgehead atoms. The van der Waals surface area contributed by atoms with Crippen molar-refractivity contribution >= 4 is 0 Å². The summed E-state index contributed by atoms with van der Waals surface area (Å²) in [6.07, 6.45) is -7.22. The van der Waals surface area contributed by atoms with Crippen LogP contribution in [0.15, 0.2) is 0 Å². The molecule has 0 aliphatic rings. The number of rotatable bonds is 36. The number of alkyl halides is 33. The number of quaternary nitrogens is 1. The number of hydrogen-bond acceptors (Lipinski definition) is 0. The molecule has 0 rings (SSSR count). The van der Waals surface area contributed by atoms with Crippen molar-refractivity contribution < 1.29 is 173 Å². The lowest BCUT2D eigenvalue weighted by molar-refractivity contribution is -1.02. The topological polar surface area (TPSA) is 0 Å². The van der Waals surface area contributed by atoms with E-state index < -0.39 is 139 Å². The van der Waals surface area contributed by atoms with Crippen molar-refractivity contribution in [1.29, 1.82) is 0 Å². The highest BCUT2D eigenvalue weighted by molar-refractivity contribution is 5.22. The molecule has 0 radical (unpaired) electrons. The summed E-state index contributed by atoms with van der Waals surface area (Å²) >= 11 is 0. The Labute approximate surface area is 424 Å². The Morgan fingerprint density at radius 2 is 0.347 bits per heavy atom. The van der Waals surface area contributed by atoms with E-state index in [1.807, 2.05) is 0 Å². The van der Waals surface area contributed by atoms with Crippen molar-refractivity contribution in [1.82, 2.24) is 0 Å². The van der Waals surface area contributed by atoms with E-state index in [1.165, 1.54) is 0 Å². The minimum atomic E-state index is -10.2. The summed E-state index contributed by atoms with van der Waals surface area (Å²) in [4.78, 5) is 0. The normalized spacial score (nSPS) is 15.7. The van der Waals surface area contributed by atoms with E-state index in [-0.39, 0.29) is 62.5 Å². The SMILES string of the molecule is CCCCCCCC[N+](CCCCCCCC)(CCCCCCCC)C(F)(F)C(F)(F)C(F)(F)C(F)(F)C(F)(F)C(F)(F)C(F)(F)C(F)(F)C(F)(F)C(F)(F)C(F)(F)C(F)(F)C(F)(F)C(F)(F)C(F)(F)C(F)(F)F.[I-]. The van der Waals surface area contributed by atoms with Crippen LogP contribution in [0.3, 0.4) is 0 Å². The lowest BCUT2D eigenvalue weighted by atomic mass is 9.83. The number of unbranched alkanes of at least 4 members (excludes halogenated alkanes) is 15. The van der Waals surface area contributed by atoms with Gasteiger partial charge in [-0.2, -0.15) is 136 Å². The van der Waals surface area contributed by atoms with Gasteiger partial charge in [-0.1, -0.05) is 97.8 Å². The molecule has 0 saturated heterocycles. The second kappa shape index (κ2) is 25.0. The Morgan fingerprint density at radius 1 is 0.200 bits per heavy atom. The predicted octanol–water partition coefficient (Wildman–Crippen LogP) is 15.9.